The van der Waals surface area contributed by atoms with E-state index in [0.29, 0.717) is 11.8 Å². The molecule has 0 saturated carbocycles. The number of piperidine rings is 1. The summed E-state index contributed by atoms with van der Waals surface area (Å²) in [7, 11) is -1.52. The molecule has 1 amide bonds. The lowest BCUT2D eigenvalue weighted by Crippen LogP contribution is -2.48. The van der Waals surface area contributed by atoms with Crippen LogP contribution in [-0.4, -0.2) is 74.3 Å². The minimum atomic E-state index is -3.17. The second kappa shape index (κ2) is 8.51. The molecule has 1 aromatic rings. The molecule has 1 aromatic carbocycles. The van der Waals surface area contributed by atoms with E-state index in [1.807, 2.05) is 34.9 Å². The Morgan fingerprint density at radius 1 is 1.19 bits per heavy atom. The fourth-order valence-corrected chi connectivity index (χ4v) is 5.60. The Kier molecular flexibility index (Phi) is 6.50. The van der Waals surface area contributed by atoms with Gasteiger partial charge in [0.1, 0.15) is 0 Å². The molecule has 1 unspecified atom stereocenters. The van der Waals surface area contributed by atoms with Crippen LogP contribution in [0.4, 0.5) is 5.69 Å². The van der Waals surface area contributed by atoms with Gasteiger partial charge in [0.15, 0.2) is 0 Å². The van der Waals surface area contributed by atoms with Gasteiger partial charge >= 0.3 is 0 Å². The summed E-state index contributed by atoms with van der Waals surface area (Å²) >= 11 is 1.84. The summed E-state index contributed by atoms with van der Waals surface area (Å²) in [4.78, 5) is 18.3. The van der Waals surface area contributed by atoms with Crippen LogP contribution in [0.3, 0.4) is 0 Å². The van der Waals surface area contributed by atoms with Gasteiger partial charge in [0.2, 0.25) is 15.9 Å². The van der Waals surface area contributed by atoms with Gasteiger partial charge in [0.05, 0.1) is 18.5 Å². The maximum Gasteiger partial charge on any atom is 0.241 e. The summed E-state index contributed by atoms with van der Waals surface area (Å²) in [5.74, 6) is 0.132. The zero-order chi connectivity index (χ0) is 19.6. The number of anilines is 1. The number of benzene rings is 1. The minimum Gasteiger partial charge on any atom is -0.310 e. The van der Waals surface area contributed by atoms with Crippen molar-refractivity contribution in [2.75, 3.05) is 44.4 Å². The Balaban J connectivity index is 1.62. The average molecular weight is 412 g/mol. The van der Waals surface area contributed by atoms with Crippen LogP contribution in [0.2, 0.25) is 0 Å². The standard InChI is InChI=1S/C19H29N3O3S2/c1-15-8-13-22(17-6-4-5-7-18(17)26-15)19(23)14-21-11-9-16(10-12-21)20(2)27(3,24)25/h4-7,15-16H,8-14H2,1-3H3. The first kappa shape index (κ1) is 20.6. The lowest BCUT2D eigenvalue weighted by molar-refractivity contribution is -0.120. The molecule has 0 aromatic heterocycles. The summed E-state index contributed by atoms with van der Waals surface area (Å²) in [5.41, 5.74) is 1.02. The predicted octanol–water partition coefficient (Wildman–Crippen LogP) is 2.26. The summed E-state index contributed by atoms with van der Waals surface area (Å²) < 4.78 is 24.9. The van der Waals surface area contributed by atoms with Crippen molar-refractivity contribution >= 4 is 33.4 Å². The molecule has 2 heterocycles. The molecule has 0 radical (unpaired) electrons. The molecule has 0 bridgehead atoms. The number of rotatable bonds is 4. The van der Waals surface area contributed by atoms with Crippen molar-refractivity contribution in [1.82, 2.24) is 9.21 Å². The van der Waals surface area contributed by atoms with Crippen LogP contribution in [0.25, 0.3) is 0 Å². The van der Waals surface area contributed by atoms with Crippen molar-refractivity contribution in [1.29, 1.82) is 0 Å². The molecule has 1 fully saturated rings. The Hall–Kier alpha value is -1.09. The Morgan fingerprint density at radius 2 is 1.85 bits per heavy atom. The average Bonchev–Trinajstić information content (AvgIpc) is 2.79. The van der Waals surface area contributed by atoms with Crippen LogP contribution in [0.15, 0.2) is 29.2 Å². The van der Waals surface area contributed by atoms with Crippen molar-refractivity contribution in [2.24, 2.45) is 0 Å². The number of fused-ring (bicyclic) bond motifs is 1. The van der Waals surface area contributed by atoms with Crippen molar-refractivity contribution in [3.05, 3.63) is 24.3 Å². The quantitative estimate of drug-likeness (QED) is 0.761. The maximum atomic E-state index is 13.0. The third-order valence-corrected chi connectivity index (χ3v) is 8.08. The van der Waals surface area contributed by atoms with E-state index >= 15 is 0 Å². The molecule has 2 aliphatic heterocycles. The number of hydrogen-bond acceptors (Lipinski definition) is 5. The third-order valence-electron chi connectivity index (χ3n) is 5.50. The van der Waals surface area contributed by atoms with Crippen LogP contribution in [0, 0.1) is 0 Å². The zero-order valence-corrected chi connectivity index (χ0v) is 17.9. The largest absolute Gasteiger partial charge is 0.310 e. The van der Waals surface area contributed by atoms with E-state index < -0.39 is 10.0 Å². The molecule has 6 nitrogen and oxygen atoms in total. The lowest BCUT2D eigenvalue weighted by Gasteiger charge is -2.36. The minimum absolute atomic E-state index is 0.0301. The first-order valence-corrected chi connectivity index (χ1v) is 12.2. The van der Waals surface area contributed by atoms with Crippen molar-refractivity contribution in [3.8, 4) is 0 Å². The molecule has 27 heavy (non-hydrogen) atoms. The highest BCUT2D eigenvalue weighted by Gasteiger charge is 2.30. The van der Waals surface area contributed by atoms with Crippen LogP contribution >= 0.6 is 11.8 Å². The van der Waals surface area contributed by atoms with Gasteiger partial charge in [-0.1, -0.05) is 19.1 Å². The predicted molar refractivity (Wildman–Crippen MR) is 111 cm³/mol. The molecular formula is C19H29N3O3S2. The van der Waals surface area contributed by atoms with E-state index in [1.54, 1.807) is 7.05 Å². The number of amides is 1. The molecular weight excluding hydrogens is 382 g/mol. The molecule has 8 heteroatoms. The monoisotopic (exact) mass is 411 g/mol. The first-order chi connectivity index (χ1) is 12.8. The molecule has 0 aliphatic carbocycles. The second-order valence-corrected chi connectivity index (χ2v) is 11.0. The molecule has 0 spiro atoms. The van der Waals surface area contributed by atoms with Gasteiger partial charge in [-0.15, -0.1) is 11.8 Å². The van der Waals surface area contributed by atoms with Gasteiger partial charge in [-0.2, -0.15) is 0 Å². The molecule has 2 aliphatic rings. The van der Waals surface area contributed by atoms with E-state index in [-0.39, 0.29) is 11.9 Å². The number of sulfonamides is 1. The number of carbonyl (C=O) groups excluding carboxylic acids is 1. The zero-order valence-electron chi connectivity index (χ0n) is 16.3. The molecule has 1 atom stereocenters. The van der Waals surface area contributed by atoms with E-state index in [9.17, 15) is 13.2 Å². The highest BCUT2D eigenvalue weighted by molar-refractivity contribution is 8.00. The van der Waals surface area contributed by atoms with E-state index in [0.717, 1.165) is 44.6 Å². The Morgan fingerprint density at radius 3 is 2.52 bits per heavy atom. The van der Waals surface area contributed by atoms with Gasteiger partial charge in [0.25, 0.3) is 0 Å². The highest BCUT2D eigenvalue weighted by atomic mass is 32.2. The molecule has 150 valence electrons. The number of thioether (sulfide) groups is 1. The summed E-state index contributed by atoms with van der Waals surface area (Å²) in [5, 5.41) is 0.492. The SMILES string of the molecule is CC1CCN(C(=O)CN2CCC(N(C)S(C)(=O)=O)CC2)c2ccccc2S1. The third kappa shape index (κ3) is 5.04. The first-order valence-electron chi connectivity index (χ1n) is 9.47. The normalized spacial score (nSPS) is 22.5. The van der Waals surface area contributed by atoms with Crippen LogP contribution in [-0.2, 0) is 14.8 Å². The van der Waals surface area contributed by atoms with Gasteiger partial charge in [0, 0.05) is 42.9 Å². The molecule has 1 saturated heterocycles. The summed E-state index contributed by atoms with van der Waals surface area (Å²) in [6.07, 6.45) is 3.76. The Labute approximate surface area is 166 Å². The molecule has 3 rings (SSSR count). The number of nitrogens with zero attached hydrogens (tertiary/aromatic N) is 3. The summed E-state index contributed by atoms with van der Waals surface area (Å²) in [6.45, 7) is 4.84. The van der Waals surface area contributed by atoms with Crippen LogP contribution < -0.4 is 4.90 Å². The summed E-state index contributed by atoms with van der Waals surface area (Å²) in [6, 6.07) is 8.17. The van der Waals surface area contributed by atoms with E-state index in [4.69, 9.17) is 0 Å². The highest BCUT2D eigenvalue weighted by Crippen LogP contribution is 2.37. The smallest absolute Gasteiger partial charge is 0.241 e. The van der Waals surface area contributed by atoms with Gasteiger partial charge in [-0.3, -0.25) is 9.69 Å². The number of hydrogen-bond donors (Lipinski definition) is 0. The van der Waals surface area contributed by atoms with E-state index in [1.165, 1.54) is 15.5 Å². The van der Waals surface area contributed by atoms with Gasteiger partial charge < -0.3 is 4.90 Å². The van der Waals surface area contributed by atoms with Crippen molar-refractivity contribution < 1.29 is 13.2 Å². The maximum absolute atomic E-state index is 13.0. The van der Waals surface area contributed by atoms with Crippen molar-refractivity contribution in [3.63, 3.8) is 0 Å². The molecule has 0 N–H and O–H groups in total. The lowest BCUT2D eigenvalue weighted by atomic mass is 10.1. The number of para-hydroxylation sites is 1. The van der Waals surface area contributed by atoms with E-state index in [2.05, 4.69) is 17.9 Å². The van der Waals surface area contributed by atoms with Crippen LogP contribution in [0.5, 0.6) is 0 Å². The van der Waals surface area contributed by atoms with Crippen LogP contribution in [0.1, 0.15) is 26.2 Å². The Bertz CT molecular complexity index is 776. The topological polar surface area (TPSA) is 60.9 Å². The van der Waals surface area contributed by atoms with Gasteiger partial charge in [-0.25, -0.2) is 12.7 Å². The fourth-order valence-electron chi connectivity index (χ4n) is 3.73. The fraction of sp³-hybridized carbons (Fsp3) is 0.632. The van der Waals surface area contributed by atoms with Gasteiger partial charge in [-0.05, 0) is 31.4 Å². The van der Waals surface area contributed by atoms with Crippen molar-refractivity contribution in [2.45, 2.75) is 42.4 Å². The number of carbonyl (C=O) groups is 1. The number of likely N-dealkylation sites (tertiary alicyclic amines) is 1. The second-order valence-electron chi connectivity index (χ2n) is 7.52.